The smallest absolute Gasteiger partial charge is 0.241 e. The topological polar surface area (TPSA) is 56.7 Å². The maximum Gasteiger partial charge on any atom is 0.241 e. The third kappa shape index (κ3) is 5.57. The average Bonchev–Trinajstić information content (AvgIpc) is 2.75. The quantitative estimate of drug-likeness (QED) is 0.500. The number of nitrogens with one attached hydrogen (secondary N) is 2. The van der Waals surface area contributed by atoms with Gasteiger partial charge in [0.05, 0.1) is 19.1 Å². The van der Waals surface area contributed by atoms with Crippen LogP contribution in [0.25, 0.3) is 10.8 Å². The summed E-state index contributed by atoms with van der Waals surface area (Å²) in [5.74, 6) is 0.613. The minimum absolute atomic E-state index is 0.00275. The summed E-state index contributed by atoms with van der Waals surface area (Å²) in [5, 5.41) is 9.04. The maximum atomic E-state index is 12.0. The Morgan fingerprint density at radius 2 is 1.66 bits per heavy atom. The van der Waals surface area contributed by atoms with Crippen LogP contribution in [0.1, 0.15) is 24.1 Å². The lowest BCUT2D eigenvalue weighted by atomic mass is 10.00. The zero-order valence-corrected chi connectivity index (χ0v) is 17.2. The van der Waals surface area contributed by atoms with Crippen LogP contribution in [0.15, 0.2) is 77.8 Å². The molecule has 1 amide bonds. The number of aliphatic imine (C=N–C) groups is 1. The fourth-order valence-electron chi connectivity index (χ4n) is 3.13. The molecule has 3 aromatic carbocycles. The summed E-state index contributed by atoms with van der Waals surface area (Å²) in [4.78, 5) is 18.3. The monoisotopic (exact) mass is 388 g/mol. The van der Waals surface area contributed by atoms with Gasteiger partial charge in [-0.15, -0.1) is 0 Å². The summed E-state index contributed by atoms with van der Waals surface area (Å²) in [6.45, 7) is 2.83. The van der Waals surface area contributed by atoms with Crippen LogP contribution in [0.5, 0.6) is 0 Å². The van der Waals surface area contributed by atoms with Gasteiger partial charge in [-0.1, -0.05) is 72.8 Å². The van der Waals surface area contributed by atoms with E-state index in [1.165, 1.54) is 16.3 Å². The Bertz CT molecular complexity index is 977. The summed E-state index contributed by atoms with van der Waals surface area (Å²) >= 11 is 0. The highest BCUT2D eigenvalue weighted by Gasteiger charge is 2.12. The van der Waals surface area contributed by atoms with Gasteiger partial charge < -0.3 is 15.5 Å². The highest BCUT2D eigenvalue weighted by Crippen LogP contribution is 2.23. The van der Waals surface area contributed by atoms with Crippen LogP contribution >= 0.6 is 0 Å². The van der Waals surface area contributed by atoms with Crippen molar-refractivity contribution < 1.29 is 4.79 Å². The van der Waals surface area contributed by atoms with E-state index >= 15 is 0 Å². The summed E-state index contributed by atoms with van der Waals surface area (Å²) in [6, 6.07) is 24.8. The van der Waals surface area contributed by atoms with Crippen molar-refractivity contribution in [3.05, 3.63) is 83.9 Å². The second kappa shape index (κ2) is 9.73. The molecule has 0 radical (unpaired) electrons. The van der Waals surface area contributed by atoms with Gasteiger partial charge in [-0.25, -0.2) is 4.99 Å². The number of hydrogen-bond donors (Lipinski definition) is 2. The molecule has 2 N–H and O–H groups in total. The second-order valence-electron chi connectivity index (χ2n) is 7.23. The van der Waals surface area contributed by atoms with Gasteiger partial charge in [0.2, 0.25) is 5.91 Å². The van der Waals surface area contributed by atoms with E-state index in [4.69, 9.17) is 4.99 Å². The molecule has 29 heavy (non-hydrogen) atoms. The van der Waals surface area contributed by atoms with Crippen LogP contribution in [0.3, 0.4) is 0 Å². The van der Waals surface area contributed by atoms with Crippen LogP contribution in [-0.2, 0) is 11.3 Å². The molecule has 0 fully saturated rings. The van der Waals surface area contributed by atoms with E-state index in [1.807, 2.05) is 36.4 Å². The van der Waals surface area contributed by atoms with Gasteiger partial charge in [0.1, 0.15) is 0 Å². The number of likely N-dealkylation sites (N-methyl/N-ethyl adjacent to an activating group) is 1. The van der Waals surface area contributed by atoms with Gasteiger partial charge in [-0.05, 0) is 28.8 Å². The van der Waals surface area contributed by atoms with Crippen molar-refractivity contribution in [3.63, 3.8) is 0 Å². The molecule has 1 unspecified atom stereocenters. The molecule has 0 bridgehead atoms. The molecule has 0 saturated heterocycles. The van der Waals surface area contributed by atoms with Gasteiger partial charge in [0.15, 0.2) is 5.96 Å². The molecular weight excluding hydrogens is 360 g/mol. The summed E-state index contributed by atoms with van der Waals surface area (Å²) in [6.07, 6.45) is 0. The Morgan fingerprint density at radius 3 is 2.41 bits per heavy atom. The lowest BCUT2D eigenvalue weighted by Gasteiger charge is -2.21. The number of benzene rings is 3. The molecule has 3 aromatic rings. The van der Waals surface area contributed by atoms with Crippen molar-refractivity contribution in [2.24, 2.45) is 4.99 Å². The number of hydrogen-bond acceptors (Lipinski definition) is 2. The molecule has 0 saturated carbocycles. The largest absolute Gasteiger partial charge is 0.350 e. The van der Waals surface area contributed by atoms with Gasteiger partial charge in [0, 0.05) is 14.1 Å². The first-order valence-electron chi connectivity index (χ1n) is 9.81. The minimum Gasteiger partial charge on any atom is -0.350 e. The van der Waals surface area contributed by atoms with E-state index in [1.54, 1.807) is 19.0 Å². The molecule has 0 aliphatic carbocycles. The Labute approximate surface area is 172 Å². The predicted octanol–water partition coefficient (Wildman–Crippen LogP) is 3.72. The third-order valence-electron chi connectivity index (χ3n) is 4.81. The maximum absolute atomic E-state index is 12.0. The third-order valence-corrected chi connectivity index (χ3v) is 4.81. The number of fused-ring (bicyclic) bond motifs is 1. The molecule has 3 rings (SSSR count). The van der Waals surface area contributed by atoms with Crippen molar-refractivity contribution in [2.75, 3.05) is 20.6 Å². The van der Waals surface area contributed by atoms with Crippen LogP contribution < -0.4 is 10.6 Å². The van der Waals surface area contributed by atoms with Gasteiger partial charge in [-0.2, -0.15) is 0 Å². The predicted molar refractivity (Wildman–Crippen MR) is 120 cm³/mol. The highest BCUT2D eigenvalue weighted by atomic mass is 16.2. The Hall–Kier alpha value is -3.34. The van der Waals surface area contributed by atoms with E-state index in [2.05, 4.69) is 54.0 Å². The number of carbonyl (C=O) groups excluding carboxylic acids is 1. The van der Waals surface area contributed by atoms with Crippen molar-refractivity contribution in [1.29, 1.82) is 0 Å². The number of amides is 1. The molecule has 0 heterocycles. The molecule has 0 aromatic heterocycles. The van der Waals surface area contributed by atoms with Crippen LogP contribution in [-0.4, -0.2) is 37.4 Å². The Morgan fingerprint density at radius 1 is 0.966 bits per heavy atom. The van der Waals surface area contributed by atoms with E-state index < -0.39 is 0 Å². The van der Waals surface area contributed by atoms with Gasteiger partial charge in [0.25, 0.3) is 0 Å². The van der Waals surface area contributed by atoms with Crippen LogP contribution in [0.4, 0.5) is 0 Å². The molecule has 0 aliphatic rings. The molecule has 5 nitrogen and oxygen atoms in total. The minimum atomic E-state index is -0.00275. The Balaban J connectivity index is 1.79. The fourth-order valence-corrected chi connectivity index (χ4v) is 3.13. The number of rotatable bonds is 6. The van der Waals surface area contributed by atoms with E-state index in [0.29, 0.717) is 12.5 Å². The number of nitrogens with zero attached hydrogens (tertiary/aromatic N) is 2. The molecule has 0 aliphatic heterocycles. The van der Waals surface area contributed by atoms with Crippen molar-refractivity contribution in [2.45, 2.75) is 19.5 Å². The number of guanidine groups is 1. The summed E-state index contributed by atoms with van der Waals surface area (Å²) in [7, 11) is 3.49. The SMILES string of the molecule is CC(NC(=NCc1ccccc1)NCC(=O)N(C)C)c1cccc2ccccc12. The first-order valence-corrected chi connectivity index (χ1v) is 9.81. The molecule has 5 heteroatoms. The Kier molecular flexibility index (Phi) is 6.85. The van der Waals surface area contributed by atoms with Crippen LogP contribution in [0.2, 0.25) is 0 Å². The fraction of sp³-hybridized carbons (Fsp3) is 0.250. The van der Waals surface area contributed by atoms with Gasteiger partial charge in [-0.3, -0.25) is 4.79 Å². The van der Waals surface area contributed by atoms with Crippen LogP contribution in [0, 0.1) is 0 Å². The van der Waals surface area contributed by atoms with Gasteiger partial charge >= 0.3 is 0 Å². The summed E-state index contributed by atoms with van der Waals surface area (Å²) in [5.41, 5.74) is 2.31. The molecular formula is C24H28N4O. The van der Waals surface area contributed by atoms with Crippen molar-refractivity contribution in [1.82, 2.24) is 15.5 Å². The highest BCUT2D eigenvalue weighted by molar-refractivity contribution is 5.88. The van der Waals surface area contributed by atoms with E-state index in [9.17, 15) is 4.79 Å². The lowest BCUT2D eigenvalue weighted by molar-refractivity contribution is -0.127. The zero-order valence-electron chi connectivity index (χ0n) is 17.2. The first kappa shape index (κ1) is 20.4. The first-order chi connectivity index (χ1) is 14.0. The van der Waals surface area contributed by atoms with Crippen molar-refractivity contribution in [3.8, 4) is 0 Å². The zero-order chi connectivity index (χ0) is 20.6. The lowest BCUT2D eigenvalue weighted by Crippen LogP contribution is -2.43. The number of carbonyl (C=O) groups is 1. The normalized spacial score (nSPS) is 12.4. The molecule has 150 valence electrons. The molecule has 0 spiro atoms. The molecule has 1 atom stereocenters. The average molecular weight is 389 g/mol. The standard InChI is InChI=1S/C24H28N4O/c1-18(21-15-9-13-20-12-7-8-14-22(20)21)27-24(26-17-23(29)28(2)3)25-16-19-10-5-4-6-11-19/h4-15,18H,16-17H2,1-3H3,(H2,25,26,27). The van der Waals surface area contributed by atoms with E-state index in [0.717, 1.165) is 5.56 Å². The van der Waals surface area contributed by atoms with Crippen molar-refractivity contribution >= 4 is 22.6 Å². The van der Waals surface area contributed by atoms with E-state index in [-0.39, 0.29) is 18.5 Å². The second-order valence-corrected chi connectivity index (χ2v) is 7.23. The summed E-state index contributed by atoms with van der Waals surface area (Å²) < 4.78 is 0.